The molecule has 1 aliphatic carbocycles. The van der Waals surface area contributed by atoms with Gasteiger partial charge in [0, 0.05) is 17.0 Å². The van der Waals surface area contributed by atoms with Gasteiger partial charge in [-0.25, -0.2) is 0 Å². The van der Waals surface area contributed by atoms with Gasteiger partial charge in [0.2, 0.25) is 5.91 Å². The molecule has 5 nitrogen and oxygen atoms in total. The molecule has 2 N–H and O–H groups in total. The maximum Gasteiger partial charge on any atom is 0.252 e. The normalized spacial score (nSPS) is 15.7. The van der Waals surface area contributed by atoms with Gasteiger partial charge in [-0.3, -0.25) is 9.59 Å². The van der Waals surface area contributed by atoms with Crippen LogP contribution in [0, 0.1) is 0 Å². The molecule has 0 bridgehead atoms. The summed E-state index contributed by atoms with van der Waals surface area (Å²) >= 11 is 1.63. The highest BCUT2D eigenvalue weighted by atomic mass is 32.1. The highest BCUT2D eigenvalue weighted by molar-refractivity contribution is 7.09. The molecule has 0 aliphatic heterocycles. The van der Waals surface area contributed by atoms with Crippen molar-refractivity contribution < 1.29 is 14.3 Å². The Morgan fingerprint density at radius 3 is 2.67 bits per heavy atom. The van der Waals surface area contributed by atoms with Gasteiger partial charge < -0.3 is 15.4 Å². The van der Waals surface area contributed by atoms with Crippen LogP contribution in [0.5, 0.6) is 5.75 Å². The lowest BCUT2D eigenvalue weighted by atomic mass is 9.80. The van der Waals surface area contributed by atoms with E-state index in [-0.39, 0.29) is 11.8 Å². The van der Waals surface area contributed by atoms with E-state index in [2.05, 4.69) is 10.6 Å². The quantitative estimate of drug-likeness (QED) is 0.758. The van der Waals surface area contributed by atoms with Crippen LogP contribution in [-0.2, 0) is 11.4 Å². The van der Waals surface area contributed by atoms with Crippen molar-refractivity contribution in [2.45, 2.75) is 51.2 Å². The van der Waals surface area contributed by atoms with Crippen LogP contribution >= 0.6 is 11.3 Å². The van der Waals surface area contributed by atoms with Crippen molar-refractivity contribution in [2.24, 2.45) is 0 Å². The number of carbonyl (C=O) groups is 2. The third-order valence-corrected chi connectivity index (χ3v) is 5.74. The van der Waals surface area contributed by atoms with E-state index in [1.54, 1.807) is 29.5 Å². The van der Waals surface area contributed by atoms with Crippen LogP contribution in [0.4, 0.5) is 0 Å². The minimum Gasteiger partial charge on any atom is -0.488 e. The summed E-state index contributed by atoms with van der Waals surface area (Å²) in [6.07, 6.45) is 4.35. The average Bonchev–Trinajstić information content (AvgIpc) is 3.21. The van der Waals surface area contributed by atoms with Gasteiger partial charge >= 0.3 is 0 Å². The van der Waals surface area contributed by atoms with E-state index in [4.69, 9.17) is 4.74 Å². The molecule has 1 aliphatic rings. The summed E-state index contributed by atoms with van der Waals surface area (Å²) in [4.78, 5) is 26.6. The fourth-order valence-electron chi connectivity index (χ4n) is 3.46. The summed E-state index contributed by atoms with van der Waals surface area (Å²) in [5, 5.41) is 7.92. The van der Waals surface area contributed by atoms with Crippen molar-refractivity contribution in [3.8, 4) is 5.75 Å². The van der Waals surface area contributed by atoms with Gasteiger partial charge in [0.05, 0.1) is 0 Å². The van der Waals surface area contributed by atoms with Crippen molar-refractivity contribution in [1.29, 1.82) is 0 Å². The molecule has 2 aromatic rings. The molecule has 1 saturated carbocycles. The molecule has 0 spiro atoms. The molecule has 27 heavy (non-hydrogen) atoms. The highest BCUT2D eigenvalue weighted by Gasteiger charge is 2.40. The number of carbonyl (C=O) groups excluding carboxylic acids is 2. The number of ether oxygens (including phenoxy) is 1. The molecule has 6 heteroatoms. The lowest BCUT2D eigenvalue weighted by Crippen LogP contribution is -2.59. The molecule has 0 radical (unpaired) electrons. The van der Waals surface area contributed by atoms with Crippen molar-refractivity contribution in [3.05, 3.63) is 52.2 Å². The maximum absolute atomic E-state index is 12.9. The first-order valence-corrected chi connectivity index (χ1v) is 10.4. The van der Waals surface area contributed by atoms with E-state index in [1.165, 1.54) is 0 Å². The summed E-state index contributed by atoms with van der Waals surface area (Å²) in [6.45, 7) is 2.93. The van der Waals surface area contributed by atoms with Crippen LogP contribution < -0.4 is 15.4 Å². The SMILES string of the molecule is CCNC(=O)C1(NC(=O)c2cccc(OCc3cccs3)c2)CCCCC1. The molecule has 0 atom stereocenters. The van der Waals surface area contributed by atoms with Crippen LogP contribution in [0.25, 0.3) is 0 Å². The molecular formula is C21H26N2O3S. The molecule has 1 fully saturated rings. The van der Waals surface area contributed by atoms with Crippen LogP contribution in [0.1, 0.15) is 54.3 Å². The predicted molar refractivity (Wildman–Crippen MR) is 107 cm³/mol. The van der Waals surface area contributed by atoms with E-state index < -0.39 is 5.54 Å². The molecule has 144 valence electrons. The summed E-state index contributed by atoms with van der Waals surface area (Å²) < 4.78 is 5.79. The monoisotopic (exact) mass is 386 g/mol. The molecule has 1 aromatic carbocycles. The number of amides is 2. The van der Waals surface area contributed by atoms with Gasteiger partial charge in [-0.15, -0.1) is 11.3 Å². The standard InChI is InChI=1S/C21H26N2O3S/c1-2-22-20(25)21(11-4-3-5-12-21)23-19(24)16-8-6-9-17(14-16)26-15-18-10-7-13-27-18/h6-10,13-14H,2-5,11-12,15H2,1H3,(H,22,25)(H,23,24). The Morgan fingerprint density at radius 1 is 1.15 bits per heavy atom. The predicted octanol–water partition coefficient (Wildman–Crippen LogP) is 3.90. The van der Waals surface area contributed by atoms with Gasteiger partial charge in [-0.2, -0.15) is 0 Å². The fourth-order valence-corrected chi connectivity index (χ4v) is 4.08. The van der Waals surface area contributed by atoms with Gasteiger partial charge in [0.25, 0.3) is 5.91 Å². The molecule has 0 saturated heterocycles. The zero-order valence-electron chi connectivity index (χ0n) is 15.6. The zero-order chi connectivity index (χ0) is 19.1. The molecule has 1 heterocycles. The molecule has 0 unspecified atom stereocenters. The number of benzene rings is 1. The van der Waals surface area contributed by atoms with Crippen LogP contribution in [0.3, 0.4) is 0 Å². The fraction of sp³-hybridized carbons (Fsp3) is 0.429. The minimum absolute atomic E-state index is 0.0804. The van der Waals surface area contributed by atoms with E-state index in [0.29, 0.717) is 37.3 Å². The van der Waals surface area contributed by atoms with Crippen molar-refractivity contribution in [3.63, 3.8) is 0 Å². The summed E-state index contributed by atoms with van der Waals surface area (Å²) in [5.41, 5.74) is -0.299. The average molecular weight is 387 g/mol. The van der Waals surface area contributed by atoms with Gasteiger partial charge in [-0.1, -0.05) is 31.4 Å². The third-order valence-electron chi connectivity index (χ3n) is 4.89. The van der Waals surface area contributed by atoms with Crippen molar-refractivity contribution >= 4 is 23.2 Å². The smallest absolute Gasteiger partial charge is 0.252 e. The number of likely N-dealkylation sites (N-methyl/N-ethyl adjacent to an activating group) is 1. The first-order valence-electron chi connectivity index (χ1n) is 9.49. The number of thiophene rings is 1. The van der Waals surface area contributed by atoms with E-state index in [9.17, 15) is 9.59 Å². The third kappa shape index (κ3) is 4.89. The lowest BCUT2D eigenvalue weighted by Gasteiger charge is -2.36. The second-order valence-electron chi connectivity index (χ2n) is 6.85. The van der Waals surface area contributed by atoms with Crippen molar-refractivity contribution in [1.82, 2.24) is 10.6 Å². The second-order valence-corrected chi connectivity index (χ2v) is 7.88. The topological polar surface area (TPSA) is 67.4 Å². The number of hydrogen-bond acceptors (Lipinski definition) is 4. The maximum atomic E-state index is 12.9. The van der Waals surface area contributed by atoms with Gasteiger partial charge in [-0.05, 0) is 49.4 Å². The zero-order valence-corrected chi connectivity index (χ0v) is 16.4. The number of rotatable bonds is 7. The van der Waals surface area contributed by atoms with Gasteiger partial charge in [0.15, 0.2) is 0 Å². The Balaban J connectivity index is 1.70. The second kappa shape index (κ2) is 9.04. The Hall–Kier alpha value is -2.34. The molecular weight excluding hydrogens is 360 g/mol. The van der Waals surface area contributed by atoms with Crippen LogP contribution in [-0.4, -0.2) is 23.9 Å². The molecule has 3 rings (SSSR count). The summed E-state index contributed by atoms with van der Waals surface area (Å²) in [6, 6.07) is 11.1. The first-order chi connectivity index (χ1) is 13.1. The summed E-state index contributed by atoms with van der Waals surface area (Å²) in [7, 11) is 0. The highest BCUT2D eigenvalue weighted by Crippen LogP contribution is 2.29. The van der Waals surface area contributed by atoms with Crippen LogP contribution in [0.15, 0.2) is 41.8 Å². The number of hydrogen-bond donors (Lipinski definition) is 2. The number of nitrogens with one attached hydrogen (secondary N) is 2. The minimum atomic E-state index is -0.806. The molecule has 2 amide bonds. The Labute approximate surface area is 164 Å². The Kier molecular flexibility index (Phi) is 6.50. The largest absolute Gasteiger partial charge is 0.488 e. The van der Waals surface area contributed by atoms with Crippen molar-refractivity contribution in [2.75, 3.05) is 6.54 Å². The van der Waals surface area contributed by atoms with E-state index >= 15 is 0 Å². The summed E-state index contributed by atoms with van der Waals surface area (Å²) in [5.74, 6) is 0.333. The Bertz CT molecular complexity index is 767. The lowest BCUT2D eigenvalue weighted by molar-refractivity contribution is -0.128. The van der Waals surface area contributed by atoms with E-state index in [1.807, 2.05) is 30.5 Å². The molecule has 1 aromatic heterocycles. The Morgan fingerprint density at radius 2 is 1.96 bits per heavy atom. The van der Waals surface area contributed by atoms with Gasteiger partial charge in [0.1, 0.15) is 17.9 Å². The first kappa shape index (κ1) is 19.4. The van der Waals surface area contributed by atoms with Crippen LogP contribution in [0.2, 0.25) is 0 Å². The van der Waals surface area contributed by atoms with E-state index in [0.717, 1.165) is 24.1 Å².